The lowest BCUT2D eigenvalue weighted by atomic mass is 10.00. The van der Waals surface area contributed by atoms with Gasteiger partial charge >= 0.3 is 0 Å². The Morgan fingerprint density at radius 3 is 2.30 bits per heavy atom. The summed E-state index contributed by atoms with van der Waals surface area (Å²) in [5.41, 5.74) is 6.36. The maximum absolute atomic E-state index is 13.3. The molecule has 1 aromatic rings. The van der Waals surface area contributed by atoms with Crippen molar-refractivity contribution in [2.24, 2.45) is 0 Å². The summed E-state index contributed by atoms with van der Waals surface area (Å²) >= 11 is 0. The molecule has 0 radical (unpaired) electrons. The van der Waals surface area contributed by atoms with E-state index in [1.165, 1.54) is 22.8 Å². The van der Waals surface area contributed by atoms with E-state index in [2.05, 4.69) is 64.1 Å². The lowest BCUT2D eigenvalue weighted by molar-refractivity contribution is 0.625. The zero-order valence-electron chi connectivity index (χ0n) is 19.4. The maximum Gasteiger partial charge on any atom is 0.130 e. The first-order chi connectivity index (χ1) is 14.3. The highest BCUT2D eigenvalue weighted by atomic mass is 19.1. The molecule has 0 unspecified atom stereocenters. The van der Waals surface area contributed by atoms with Crippen LogP contribution in [0.4, 0.5) is 4.39 Å². The molecule has 1 N–H and O–H groups in total. The lowest BCUT2D eigenvalue weighted by Crippen LogP contribution is -2.11. The van der Waals surface area contributed by atoms with Crippen molar-refractivity contribution in [2.75, 3.05) is 6.54 Å². The van der Waals surface area contributed by atoms with Gasteiger partial charge in [-0.15, -0.1) is 0 Å². The van der Waals surface area contributed by atoms with Crippen LogP contribution in [0.3, 0.4) is 0 Å². The highest BCUT2D eigenvalue weighted by Crippen LogP contribution is 2.22. The van der Waals surface area contributed by atoms with E-state index in [1.54, 1.807) is 6.08 Å². The van der Waals surface area contributed by atoms with Gasteiger partial charge in [0.1, 0.15) is 5.82 Å². The van der Waals surface area contributed by atoms with Crippen LogP contribution in [0.1, 0.15) is 58.6 Å². The van der Waals surface area contributed by atoms with Gasteiger partial charge in [-0.2, -0.15) is 0 Å². The normalized spacial score (nSPS) is 11.4. The number of hydrogen-bond donors (Lipinski definition) is 1. The van der Waals surface area contributed by atoms with Crippen LogP contribution >= 0.6 is 0 Å². The van der Waals surface area contributed by atoms with Crippen molar-refractivity contribution >= 4 is 11.6 Å². The van der Waals surface area contributed by atoms with Gasteiger partial charge < -0.3 is 5.32 Å². The van der Waals surface area contributed by atoms with Crippen LogP contribution < -0.4 is 5.32 Å². The Kier molecular flexibility index (Phi) is 14.5. The summed E-state index contributed by atoms with van der Waals surface area (Å²) in [4.78, 5) is 0. The summed E-state index contributed by atoms with van der Waals surface area (Å²) in [6.07, 6.45) is 15.6. The summed E-state index contributed by atoms with van der Waals surface area (Å²) < 4.78 is 13.3. The fraction of sp³-hybridized carbons (Fsp3) is 0.286. The predicted molar refractivity (Wildman–Crippen MR) is 135 cm³/mol. The first kappa shape index (κ1) is 27.1. The zero-order valence-corrected chi connectivity index (χ0v) is 19.4. The summed E-state index contributed by atoms with van der Waals surface area (Å²) in [5, 5.41) is 3.19. The van der Waals surface area contributed by atoms with Crippen LogP contribution in [0.15, 0.2) is 91.2 Å². The Morgan fingerprint density at radius 2 is 1.80 bits per heavy atom. The predicted octanol–water partition coefficient (Wildman–Crippen LogP) is 8.42. The molecule has 0 amide bonds. The molecule has 1 nitrogen and oxygen atoms in total. The molecule has 0 saturated heterocycles. The quantitative estimate of drug-likeness (QED) is 0.384. The van der Waals surface area contributed by atoms with Crippen molar-refractivity contribution in [3.05, 3.63) is 108 Å². The average Bonchev–Trinajstić information content (AvgIpc) is 2.70. The molecule has 30 heavy (non-hydrogen) atoms. The van der Waals surface area contributed by atoms with Gasteiger partial charge in [0.15, 0.2) is 0 Å². The minimum Gasteiger partial charge on any atom is -0.389 e. The number of allylic oxidation sites excluding steroid dienone is 9. The Bertz CT molecular complexity index is 815. The molecule has 162 valence electrons. The highest BCUT2D eigenvalue weighted by Gasteiger charge is 2.03. The monoisotopic (exact) mass is 407 g/mol. The van der Waals surface area contributed by atoms with E-state index in [1.807, 2.05) is 44.2 Å². The molecule has 0 aliphatic rings. The molecule has 1 rings (SSSR count). The van der Waals surface area contributed by atoms with Crippen LogP contribution in [0.2, 0.25) is 0 Å². The Hall–Kier alpha value is -2.87. The first-order valence-corrected chi connectivity index (χ1v) is 10.4. The van der Waals surface area contributed by atoms with Gasteiger partial charge in [-0.25, -0.2) is 4.39 Å². The topological polar surface area (TPSA) is 12.0 Å². The minimum absolute atomic E-state index is 0.221. The van der Waals surface area contributed by atoms with Gasteiger partial charge in [-0.05, 0) is 69.4 Å². The van der Waals surface area contributed by atoms with Crippen molar-refractivity contribution in [1.29, 1.82) is 0 Å². The first-order valence-electron chi connectivity index (χ1n) is 10.4. The van der Waals surface area contributed by atoms with Crippen LogP contribution in [0.5, 0.6) is 0 Å². The van der Waals surface area contributed by atoms with Crippen molar-refractivity contribution in [3.8, 4) is 0 Å². The van der Waals surface area contributed by atoms with Crippen LogP contribution in [0, 0.1) is 5.82 Å². The second kappa shape index (κ2) is 16.0. The second-order valence-corrected chi connectivity index (χ2v) is 7.16. The van der Waals surface area contributed by atoms with Gasteiger partial charge in [0.2, 0.25) is 0 Å². The number of halogens is 1. The number of benzene rings is 1. The third kappa shape index (κ3) is 11.9. The number of nitrogens with one attached hydrogen (secondary N) is 1. The Balaban J connectivity index is 0.000000584. The Morgan fingerprint density at radius 1 is 1.10 bits per heavy atom. The van der Waals surface area contributed by atoms with E-state index >= 15 is 0 Å². The van der Waals surface area contributed by atoms with E-state index in [4.69, 9.17) is 0 Å². The highest BCUT2D eigenvalue weighted by molar-refractivity contribution is 5.69. The molecule has 0 atom stereocenters. The fourth-order valence-electron chi connectivity index (χ4n) is 2.59. The van der Waals surface area contributed by atoms with Crippen molar-refractivity contribution < 1.29 is 4.39 Å². The maximum atomic E-state index is 13.3. The van der Waals surface area contributed by atoms with Crippen LogP contribution in [-0.4, -0.2) is 6.54 Å². The number of hydrogen-bond acceptors (Lipinski definition) is 1. The van der Waals surface area contributed by atoms with E-state index in [-0.39, 0.29) is 5.82 Å². The summed E-state index contributed by atoms with van der Waals surface area (Å²) in [5.74, 6) is -0.221. The standard InChI is InChI=1S/C16H19F.C12H19N/c1-5-13(8-7-12(3)4)15-9-10-16(17)14(6-2)11-15;1-5-7-12(8-6-2)9-10-13-11(3)4/h6-11H,2,5H2,1,3-4H3;5-8,13H,1,3,9-10H2,2,4H3/b13-8+;8-6-,12-7+. The minimum atomic E-state index is -0.221. The van der Waals surface area contributed by atoms with Crippen molar-refractivity contribution in [1.82, 2.24) is 5.32 Å². The molecule has 0 aromatic heterocycles. The molecule has 0 bridgehead atoms. The van der Waals surface area contributed by atoms with Gasteiger partial charge in [-0.3, -0.25) is 0 Å². The van der Waals surface area contributed by atoms with Gasteiger partial charge in [-0.1, -0.05) is 80.8 Å². The fourth-order valence-corrected chi connectivity index (χ4v) is 2.59. The molecule has 0 spiro atoms. The Labute approximate surface area is 183 Å². The molecule has 0 aliphatic heterocycles. The zero-order chi connectivity index (χ0) is 22.9. The van der Waals surface area contributed by atoms with E-state index < -0.39 is 0 Å². The van der Waals surface area contributed by atoms with E-state index in [9.17, 15) is 4.39 Å². The lowest BCUT2D eigenvalue weighted by Gasteiger charge is -2.06. The van der Waals surface area contributed by atoms with E-state index in [0.717, 1.165) is 30.6 Å². The average molecular weight is 408 g/mol. The van der Waals surface area contributed by atoms with Crippen LogP contribution in [-0.2, 0) is 0 Å². The van der Waals surface area contributed by atoms with E-state index in [0.29, 0.717) is 5.56 Å². The van der Waals surface area contributed by atoms with Crippen molar-refractivity contribution in [2.45, 2.75) is 47.5 Å². The van der Waals surface area contributed by atoms with Crippen molar-refractivity contribution in [3.63, 3.8) is 0 Å². The smallest absolute Gasteiger partial charge is 0.130 e. The largest absolute Gasteiger partial charge is 0.389 e. The number of rotatable bonds is 10. The van der Waals surface area contributed by atoms with Gasteiger partial charge in [0.25, 0.3) is 0 Å². The molecule has 0 heterocycles. The third-order valence-corrected chi connectivity index (χ3v) is 4.14. The molecule has 0 fully saturated rings. The molecule has 1 aromatic carbocycles. The molecule has 0 saturated carbocycles. The molecule has 0 aliphatic carbocycles. The summed E-state index contributed by atoms with van der Waals surface area (Å²) in [7, 11) is 0. The molecule has 2 heteroatoms. The van der Waals surface area contributed by atoms with Crippen LogP contribution in [0.25, 0.3) is 11.6 Å². The second-order valence-electron chi connectivity index (χ2n) is 7.16. The summed E-state index contributed by atoms with van der Waals surface area (Å²) in [6, 6.07) is 5.16. The van der Waals surface area contributed by atoms with Gasteiger partial charge in [0, 0.05) is 17.8 Å². The summed E-state index contributed by atoms with van der Waals surface area (Å²) in [6.45, 7) is 22.2. The van der Waals surface area contributed by atoms with Gasteiger partial charge in [0.05, 0.1) is 0 Å². The molecular weight excluding hydrogens is 369 g/mol. The SMILES string of the molecule is C=C/C=C(\C=C/C)CCNC(=C)C.C=Cc1cc(/C(=C/C=C(C)C)CC)ccc1F. The molecular formula is C28H38FN. The third-order valence-electron chi connectivity index (χ3n) is 4.14.